The summed E-state index contributed by atoms with van der Waals surface area (Å²) >= 11 is 0. The minimum Gasteiger partial charge on any atom is -0.494 e. The monoisotopic (exact) mass is 274 g/mol. The maximum Gasteiger partial charge on any atom is 0.165 e. The van der Waals surface area contributed by atoms with E-state index in [9.17, 15) is 9.50 Å². The van der Waals surface area contributed by atoms with E-state index in [0.717, 1.165) is 16.7 Å². The molecular formula is C17H19FO2. The van der Waals surface area contributed by atoms with Gasteiger partial charge in [-0.05, 0) is 44.0 Å². The third-order valence-corrected chi connectivity index (χ3v) is 3.50. The first-order valence-electron chi connectivity index (χ1n) is 6.50. The predicted octanol–water partition coefficient (Wildman–Crippen LogP) is 3.71. The van der Waals surface area contributed by atoms with Crippen molar-refractivity contribution in [3.8, 4) is 5.75 Å². The van der Waals surface area contributed by atoms with E-state index in [2.05, 4.69) is 0 Å². The summed E-state index contributed by atoms with van der Waals surface area (Å²) in [5, 5.41) is 10.8. The summed E-state index contributed by atoms with van der Waals surface area (Å²) in [5.41, 5.74) is 2.13. The fourth-order valence-corrected chi connectivity index (χ4v) is 2.39. The molecule has 0 aliphatic carbocycles. The molecule has 0 saturated heterocycles. The first kappa shape index (κ1) is 14.5. The molecule has 0 aliphatic heterocycles. The van der Waals surface area contributed by atoms with Crippen molar-refractivity contribution >= 4 is 0 Å². The molecule has 2 aromatic rings. The number of benzene rings is 2. The Hall–Kier alpha value is -1.87. The second-order valence-electron chi connectivity index (χ2n) is 5.30. The van der Waals surface area contributed by atoms with Crippen LogP contribution >= 0.6 is 0 Å². The molecule has 0 radical (unpaired) electrons. The number of hydrogen-bond donors (Lipinski definition) is 1. The van der Waals surface area contributed by atoms with Gasteiger partial charge in [0.05, 0.1) is 7.11 Å². The van der Waals surface area contributed by atoms with Crippen molar-refractivity contribution in [2.24, 2.45) is 0 Å². The molecule has 0 saturated carbocycles. The van der Waals surface area contributed by atoms with E-state index in [1.165, 1.54) is 19.2 Å². The molecule has 0 amide bonds. The number of methoxy groups -OCH3 is 1. The van der Waals surface area contributed by atoms with E-state index in [1.807, 2.05) is 32.0 Å². The van der Waals surface area contributed by atoms with Crippen LogP contribution in [0.2, 0.25) is 0 Å². The maximum atomic E-state index is 13.8. The third kappa shape index (κ3) is 2.68. The second-order valence-corrected chi connectivity index (χ2v) is 5.30. The van der Waals surface area contributed by atoms with Crippen LogP contribution in [0.25, 0.3) is 0 Å². The molecule has 0 fully saturated rings. The average molecular weight is 274 g/mol. The van der Waals surface area contributed by atoms with Crippen molar-refractivity contribution in [3.63, 3.8) is 0 Å². The molecule has 0 bridgehead atoms. The van der Waals surface area contributed by atoms with Crippen LogP contribution in [0, 0.1) is 19.7 Å². The van der Waals surface area contributed by atoms with Gasteiger partial charge >= 0.3 is 0 Å². The molecule has 106 valence electrons. The van der Waals surface area contributed by atoms with Gasteiger partial charge in [0.1, 0.15) is 5.60 Å². The summed E-state index contributed by atoms with van der Waals surface area (Å²) in [6.45, 7) is 5.62. The van der Waals surface area contributed by atoms with Gasteiger partial charge in [0.25, 0.3) is 0 Å². The Morgan fingerprint density at radius 1 is 1.00 bits per heavy atom. The van der Waals surface area contributed by atoms with Crippen LogP contribution in [0.1, 0.15) is 29.2 Å². The molecule has 2 aromatic carbocycles. The summed E-state index contributed by atoms with van der Waals surface area (Å²) in [6, 6.07) is 10.4. The molecule has 0 aromatic heterocycles. The third-order valence-electron chi connectivity index (χ3n) is 3.50. The summed E-state index contributed by atoms with van der Waals surface area (Å²) in [7, 11) is 1.42. The fourth-order valence-electron chi connectivity index (χ4n) is 2.39. The number of aliphatic hydroxyl groups is 1. The van der Waals surface area contributed by atoms with Crippen molar-refractivity contribution in [1.29, 1.82) is 0 Å². The zero-order chi connectivity index (χ0) is 14.9. The highest BCUT2D eigenvalue weighted by atomic mass is 19.1. The molecule has 0 heterocycles. The van der Waals surface area contributed by atoms with Crippen LogP contribution in [0.15, 0.2) is 36.4 Å². The topological polar surface area (TPSA) is 29.5 Å². The molecule has 1 N–H and O–H groups in total. The van der Waals surface area contributed by atoms with Gasteiger partial charge in [-0.1, -0.05) is 35.4 Å². The Kier molecular flexibility index (Phi) is 3.82. The number of halogens is 1. The van der Waals surface area contributed by atoms with Crippen LogP contribution in [0.5, 0.6) is 5.75 Å². The van der Waals surface area contributed by atoms with E-state index >= 15 is 0 Å². The van der Waals surface area contributed by atoms with Gasteiger partial charge in [0.2, 0.25) is 0 Å². The first-order valence-corrected chi connectivity index (χ1v) is 6.50. The Morgan fingerprint density at radius 3 is 2.10 bits per heavy atom. The van der Waals surface area contributed by atoms with Gasteiger partial charge < -0.3 is 9.84 Å². The second kappa shape index (κ2) is 5.25. The van der Waals surface area contributed by atoms with Crippen molar-refractivity contribution in [2.45, 2.75) is 26.4 Å². The van der Waals surface area contributed by atoms with Gasteiger partial charge in [-0.25, -0.2) is 4.39 Å². The number of rotatable bonds is 3. The highest BCUT2D eigenvalue weighted by Gasteiger charge is 2.27. The minimum absolute atomic E-state index is 0.171. The molecule has 1 atom stereocenters. The van der Waals surface area contributed by atoms with Crippen LogP contribution in [-0.2, 0) is 5.60 Å². The van der Waals surface area contributed by atoms with Gasteiger partial charge in [0.15, 0.2) is 11.6 Å². The lowest BCUT2D eigenvalue weighted by Crippen LogP contribution is -2.23. The zero-order valence-electron chi connectivity index (χ0n) is 12.2. The Labute approximate surface area is 118 Å². The lowest BCUT2D eigenvalue weighted by atomic mass is 9.86. The van der Waals surface area contributed by atoms with E-state index in [0.29, 0.717) is 5.56 Å². The molecule has 20 heavy (non-hydrogen) atoms. The summed E-state index contributed by atoms with van der Waals surface area (Å²) < 4.78 is 18.7. The van der Waals surface area contributed by atoms with Gasteiger partial charge in [-0.2, -0.15) is 0 Å². The van der Waals surface area contributed by atoms with Gasteiger partial charge in [-0.3, -0.25) is 0 Å². The Balaban J connectivity index is 2.51. The van der Waals surface area contributed by atoms with Crippen LogP contribution in [0.3, 0.4) is 0 Å². The largest absolute Gasteiger partial charge is 0.494 e. The van der Waals surface area contributed by atoms with Crippen molar-refractivity contribution in [3.05, 3.63) is 64.5 Å². The summed E-state index contributed by atoms with van der Waals surface area (Å²) in [6.07, 6.45) is 0. The Morgan fingerprint density at radius 2 is 1.60 bits per heavy atom. The molecule has 1 unspecified atom stereocenters. The molecule has 3 heteroatoms. The van der Waals surface area contributed by atoms with Crippen molar-refractivity contribution in [1.82, 2.24) is 0 Å². The van der Waals surface area contributed by atoms with Crippen LogP contribution < -0.4 is 4.74 Å². The lowest BCUT2D eigenvalue weighted by molar-refractivity contribution is 0.102. The van der Waals surface area contributed by atoms with Crippen molar-refractivity contribution < 1.29 is 14.2 Å². The predicted molar refractivity (Wildman–Crippen MR) is 77.5 cm³/mol. The average Bonchev–Trinajstić information content (AvgIpc) is 2.37. The zero-order valence-corrected chi connectivity index (χ0v) is 12.2. The van der Waals surface area contributed by atoms with Gasteiger partial charge in [0, 0.05) is 0 Å². The number of aryl methyl sites for hydroxylation is 2. The highest BCUT2D eigenvalue weighted by Crippen LogP contribution is 2.32. The summed E-state index contributed by atoms with van der Waals surface area (Å²) in [5.74, 6) is -0.306. The van der Waals surface area contributed by atoms with E-state index in [-0.39, 0.29) is 5.75 Å². The molecule has 0 spiro atoms. The SMILES string of the molecule is COc1ccc(C(C)(O)c2cc(C)cc(C)c2)cc1F. The Bertz CT molecular complexity index is 613. The molecule has 0 aliphatic rings. The fraction of sp³-hybridized carbons (Fsp3) is 0.294. The van der Waals surface area contributed by atoms with E-state index in [1.54, 1.807) is 13.0 Å². The normalized spacial score (nSPS) is 13.9. The van der Waals surface area contributed by atoms with Crippen LogP contribution in [-0.4, -0.2) is 12.2 Å². The maximum absolute atomic E-state index is 13.8. The number of hydrogen-bond acceptors (Lipinski definition) is 2. The van der Waals surface area contributed by atoms with Crippen molar-refractivity contribution in [2.75, 3.05) is 7.11 Å². The number of ether oxygens (including phenoxy) is 1. The molecule has 2 rings (SSSR count). The minimum atomic E-state index is -1.25. The van der Waals surface area contributed by atoms with E-state index < -0.39 is 11.4 Å². The summed E-state index contributed by atoms with van der Waals surface area (Å²) in [4.78, 5) is 0. The molecule has 2 nitrogen and oxygen atoms in total. The van der Waals surface area contributed by atoms with Gasteiger partial charge in [-0.15, -0.1) is 0 Å². The smallest absolute Gasteiger partial charge is 0.165 e. The van der Waals surface area contributed by atoms with E-state index in [4.69, 9.17) is 4.74 Å². The molecular weight excluding hydrogens is 255 g/mol. The standard InChI is InChI=1S/C17H19FO2/c1-11-7-12(2)9-14(8-11)17(3,19)13-5-6-16(20-4)15(18)10-13/h5-10,19H,1-4H3. The highest BCUT2D eigenvalue weighted by molar-refractivity contribution is 5.41. The first-order chi connectivity index (χ1) is 9.34. The lowest BCUT2D eigenvalue weighted by Gasteiger charge is -2.25. The quantitative estimate of drug-likeness (QED) is 0.924. The van der Waals surface area contributed by atoms with Crippen LogP contribution in [0.4, 0.5) is 4.39 Å².